The van der Waals surface area contributed by atoms with Crippen LogP contribution in [0.5, 0.6) is 0 Å². The van der Waals surface area contributed by atoms with Gasteiger partial charge in [0, 0.05) is 42.7 Å². The topological polar surface area (TPSA) is 65.4 Å². The first-order valence-corrected chi connectivity index (χ1v) is 13.1. The Kier molecular flexibility index (Phi) is 6.43. The van der Waals surface area contributed by atoms with Crippen LogP contribution >= 0.6 is 0 Å². The monoisotopic (exact) mass is 483 g/mol. The average Bonchev–Trinajstić information content (AvgIpc) is 3.17. The van der Waals surface area contributed by atoms with E-state index in [1.165, 1.54) is 39.9 Å². The quantitative estimate of drug-likeness (QED) is 0.321. The minimum absolute atomic E-state index is 0.184. The number of benzene rings is 4. The van der Waals surface area contributed by atoms with Crippen molar-refractivity contribution in [3.05, 3.63) is 114 Å². The van der Waals surface area contributed by atoms with E-state index >= 15 is 0 Å². The van der Waals surface area contributed by atoms with Crippen LogP contribution in [-0.4, -0.2) is 36.0 Å². The fraction of sp³-hybridized carbons (Fsp3) is 0.172. The van der Waals surface area contributed by atoms with Crippen molar-refractivity contribution in [1.82, 2.24) is 9.47 Å². The highest BCUT2D eigenvalue weighted by atomic mass is 32.2. The van der Waals surface area contributed by atoms with Crippen molar-refractivity contribution in [1.29, 1.82) is 0 Å². The number of hydrogen-bond donors (Lipinski definition) is 0. The fourth-order valence-electron chi connectivity index (χ4n) is 4.81. The molecule has 4 aromatic carbocycles. The van der Waals surface area contributed by atoms with Gasteiger partial charge < -0.3 is 14.0 Å². The van der Waals surface area contributed by atoms with Gasteiger partial charge in [0.05, 0.1) is 4.90 Å². The van der Waals surface area contributed by atoms with Crippen LogP contribution in [0.1, 0.15) is 16.8 Å². The molecule has 1 aromatic heterocycles. The first-order chi connectivity index (χ1) is 16.9. The minimum atomic E-state index is -4.34. The van der Waals surface area contributed by atoms with Crippen molar-refractivity contribution in [2.45, 2.75) is 24.4 Å². The summed E-state index contributed by atoms with van der Waals surface area (Å²) >= 11 is 0. The molecule has 1 aliphatic heterocycles. The fourth-order valence-corrected chi connectivity index (χ4v) is 5.31. The van der Waals surface area contributed by atoms with Crippen molar-refractivity contribution in [2.24, 2.45) is 0 Å². The molecule has 5 nitrogen and oxygen atoms in total. The van der Waals surface area contributed by atoms with Gasteiger partial charge in [-0.2, -0.15) is 0 Å². The van der Waals surface area contributed by atoms with Crippen molar-refractivity contribution in [2.75, 3.05) is 13.6 Å². The smallest absolute Gasteiger partial charge is 0.124 e. The van der Waals surface area contributed by atoms with Crippen LogP contribution in [0, 0.1) is 0 Å². The van der Waals surface area contributed by atoms with E-state index in [-0.39, 0.29) is 4.90 Å². The standard InChI is InChI=1S/C19H20N2.C10H8O3S/c1-20-12-11-19-17(14-20)16-9-5-6-10-18(16)21(19)13-15-7-3-2-4-8-15;11-14(12,13)10-6-5-8-3-1-2-4-9(8)7-10/h2-10H,11-14H2,1H3;1-7H,(H,11,12,13)/p-1. The highest BCUT2D eigenvalue weighted by molar-refractivity contribution is 7.85. The normalized spacial score (nSPS) is 13.9. The maximum Gasteiger partial charge on any atom is 0.124 e. The molecule has 0 saturated heterocycles. The Morgan fingerprint density at radius 1 is 0.829 bits per heavy atom. The van der Waals surface area contributed by atoms with Crippen LogP contribution in [-0.2, 0) is 29.6 Å². The lowest BCUT2D eigenvalue weighted by molar-refractivity contribution is 0.310. The summed E-state index contributed by atoms with van der Waals surface area (Å²) < 4.78 is 34.7. The number of fused-ring (bicyclic) bond motifs is 4. The molecular weight excluding hydrogens is 456 g/mol. The van der Waals surface area contributed by atoms with Gasteiger partial charge in [0.15, 0.2) is 0 Å². The molecule has 0 amide bonds. The van der Waals surface area contributed by atoms with Gasteiger partial charge in [0.1, 0.15) is 10.1 Å². The molecule has 1 aliphatic rings. The molecule has 0 bridgehead atoms. The molecule has 0 radical (unpaired) electrons. The summed E-state index contributed by atoms with van der Waals surface area (Å²) in [5.41, 5.74) is 5.80. The Labute approximate surface area is 206 Å². The van der Waals surface area contributed by atoms with E-state index in [0.717, 1.165) is 36.8 Å². The first-order valence-electron chi connectivity index (χ1n) is 11.7. The molecule has 0 saturated carbocycles. The van der Waals surface area contributed by atoms with Gasteiger partial charge in [-0.25, -0.2) is 8.42 Å². The van der Waals surface area contributed by atoms with E-state index in [4.69, 9.17) is 0 Å². The Bertz CT molecular complexity index is 1590. The van der Waals surface area contributed by atoms with E-state index in [0.29, 0.717) is 0 Å². The molecule has 6 heteroatoms. The summed E-state index contributed by atoms with van der Waals surface area (Å²) in [6.07, 6.45) is 1.15. The summed E-state index contributed by atoms with van der Waals surface area (Å²) in [6, 6.07) is 31.2. The maximum atomic E-state index is 10.7. The maximum absolute atomic E-state index is 10.7. The first kappa shape index (κ1) is 23.3. The second-order valence-electron chi connectivity index (χ2n) is 8.97. The number of aromatic nitrogens is 1. The van der Waals surface area contributed by atoms with Crippen LogP contribution in [0.4, 0.5) is 0 Å². The SMILES string of the molecule is CN1CCc2c(c3ccccc3n2Cc2ccccc2)C1.O=S(=O)([O-])c1ccc2ccccc2c1. The molecular formula is C29H27N2O3S-. The lowest BCUT2D eigenvalue weighted by Crippen LogP contribution is -2.27. The van der Waals surface area contributed by atoms with E-state index in [1.54, 1.807) is 18.2 Å². The van der Waals surface area contributed by atoms with Gasteiger partial charge in [0.25, 0.3) is 0 Å². The number of likely N-dealkylation sites (N-methyl/N-ethyl adjacent to an activating group) is 1. The van der Waals surface area contributed by atoms with Gasteiger partial charge in [-0.3, -0.25) is 0 Å². The molecule has 0 fully saturated rings. The number of nitrogens with zero attached hydrogens (tertiary/aromatic N) is 2. The van der Waals surface area contributed by atoms with Crippen LogP contribution in [0.25, 0.3) is 21.7 Å². The molecule has 2 heterocycles. The third kappa shape index (κ3) is 5.00. The molecule has 5 aromatic rings. The molecule has 0 aliphatic carbocycles. The zero-order valence-electron chi connectivity index (χ0n) is 19.6. The van der Waals surface area contributed by atoms with Crippen molar-refractivity contribution < 1.29 is 13.0 Å². The summed E-state index contributed by atoms with van der Waals surface area (Å²) in [5.74, 6) is 0. The van der Waals surface area contributed by atoms with Crippen LogP contribution in [0.3, 0.4) is 0 Å². The summed E-state index contributed by atoms with van der Waals surface area (Å²) in [4.78, 5) is 2.23. The minimum Gasteiger partial charge on any atom is -0.744 e. The number of rotatable bonds is 3. The second-order valence-corrected chi connectivity index (χ2v) is 10.3. The lowest BCUT2D eigenvalue weighted by atomic mass is 10.1. The molecule has 0 spiro atoms. The van der Waals surface area contributed by atoms with Crippen molar-refractivity contribution >= 4 is 31.8 Å². The summed E-state index contributed by atoms with van der Waals surface area (Å²) in [5, 5.41) is 3.10. The summed E-state index contributed by atoms with van der Waals surface area (Å²) in [7, 11) is -2.13. The zero-order valence-corrected chi connectivity index (χ0v) is 20.4. The Morgan fingerprint density at radius 3 is 2.29 bits per heavy atom. The highest BCUT2D eigenvalue weighted by Crippen LogP contribution is 2.31. The third-order valence-electron chi connectivity index (χ3n) is 6.55. The van der Waals surface area contributed by atoms with Crippen LogP contribution < -0.4 is 0 Å². The zero-order chi connectivity index (χ0) is 24.4. The molecule has 35 heavy (non-hydrogen) atoms. The van der Waals surface area contributed by atoms with E-state index in [9.17, 15) is 13.0 Å². The van der Waals surface area contributed by atoms with Crippen LogP contribution in [0.2, 0.25) is 0 Å². The van der Waals surface area contributed by atoms with Gasteiger partial charge in [-0.1, -0.05) is 78.9 Å². The number of para-hydroxylation sites is 1. The lowest BCUT2D eigenvalue weighted by Gasteiger charge is -2.24. The molecule has 0 atom stereocenters. The van der Waals surface area contributed by atoms with E-state index < -0.39 is 10.1 Å². The van der Waals surface area contributed by atoms with Crippen molar-refractivity contribution in [3.63, 3.8) is 0 Å². The third-order valence-corrected chi connectivity index (χ3v) is 7.38. The van der Waals surface area contributed by atoms with Gasteiger partial charge in [0.2, 0.25) is 0 Å². The Balaban J connectivity index is 0.000000158. The predicted octanol–water partition coefficient (Wildman–Crippen LogP) is 5.42. The predicted molar refractivity (Wildman–Crippen MR) is 139 cm³/mol. The van der Waals surface area contributed by atoms with Gasteiger partial charge in [-0.05, 0) is 47.1 Å². The Morgan fingerprint density at radius 2 is 1.51 bits per heavy atom. The molecule has 6 rings (SSSR count). The van der Waals surface area contributed by atoms with E-state index in [2.05, 4.69) is 71.1 Å². The largest absolute Gasteiger partial charge is 0.744 e. The van der Waals surface area contributed by atoms with Crippen LogP contribution in [0.15, 0.2) is 102 Å². The second kappa shape index (κ2) is 9.66. The molecule has 178 valence electrons. The molecule has 0 unspecified atom stereocenters. The van der Waals surface area contributed by atoms with Crippen molar-refractivity contribution in [3.8, 4) is 0 Å². The van der Waals surface area contributed by atoms with Gasteiger partial charge >= 0.3 is 0 Å². The average molecular weight is 484 g/mol. The molecule has 0 N–H and O–H groups in total. The number of hydrogen-bond acceptors (Lipinski definition) is 4. The van der Waals surface area contributed by atoms with Gasteiger partial charge in [-0.15, -0.1) is 0 Å². The Hall–Kier alpha value is -3.45. The van der Waals surface area contributed by atoms with E-state index in [1.807, 2.05) is 12.1 Å². The summed E-state index contributed by atoms with van der Waals surface area (Å²) in [6.45, 7) is 3.19. The highest BCUT2D eigenvalue weighted by Gasteiger charge is 2.21.